The molecule has 17 heavy (non-hydrogen) atoms. The Kier molecular flexibility index (Phi) is 3.06. The molecule has 0 spiro atoms. The highest BCUT2D eigenvalue weighted by Crippen LogP contribution is 2.38. The van der Waals surface area contributed by atoms with Crippen molar-refractivity contribution in [3.63, 3.8) is 0 Å². The van der Waals surface area contributed by atoms with E-state index in [1.165, 1.54) is 13.0 Å². The van der Waals surface area contributed by atoms with E-state index in [0.29, 0.717) is 17.1 Å². The Labute approximate surface area is 97.3 Å². The zero-order valence-corrected chi connectivity index (χ0v) is 9.17. The molecule has 6 nitrogen and oxygen atoms in total. The molecule has 2 N–H and O–H groups in total. The van der Waals surface area contributed by atoms with Gasteiger partial charge < -0.3 is 24.4 Å². The van der Waals surface area contributed by atoms with Gasteiger partial charge in [0.2, 0.25) is 6.79 Å². The van der Waals surface area contributed by atoms with Crippen molar-refractivity contribution in [2.45, 2.75) is 19.6 Å². The maximum atomic E-state index is 10.7. The standard InChI is InChI=1S/C11H12O6/c1-6(11(13)14)17-8-3-10-9(15-5-16-10)2-7(8)4-12/h2-3,6,12H,4-5H2,1H3,(H,13,14). The number of fused-ring (bicyclic) bond motifs is 1. The summed E-state index contributed by atoms with van der Waals surface area (Å²) in [6.07, 6.45) is -0.999. The van der Waals surface area contributed by atoms with E-state index in [9.17, 15) is 9.90 Å². The maximum Gasteiger partial charge on any atom is 0.344 e. The van der Waals surface area contributed by atoms with E-state index in [4.69, 9.17) is 19.3 Å². The summed E-state index contributed by atoms with van der Waals surface area (Å²) in [7, 11) is 0. The molecule has 1 unspecified atom stereocenters. The minimum absolute atomic E-state index is 0.109. The number of aliphatic hydroxyl groups excluding tert-OH is 1. The van der Waals surface area contributed by atoms with Crippen molar-refractivity contribution in [3.05, 3.63) is 17.7 Å². The number of rotatable bonds is 4. The second-order valence-corrected chi connectivity index (χ2v) is 3.57. The molecule has 0 fully saturated rings. The van der Waals surface area contributed by atoms with Gasteiger partial charge in [-0.1, -0.05) is 0 Å². The van der Waals surface area contributed by atoms with Crippen LogP contribution in [0, 0.1) is 0 Å². The van der Waals surface area contributed by atoms with E-state index >= 15 is 0 Å². The van der Waals surface area contributed by atoms with Gasteiger partial charge in [-0.15, -0.1) is 0 Å². The Morgan fingerprint density at radius 2 is 2.12 bits per heavy atom. The lowest BCUT2D eigenvalue weighted by atomic mass is 10.2. The maximum absolute atomic E-state index is 10.7. The van der Waals surface area contributed by atoms with Crippen LogP contribution in [0.1, 0.15) is 12.5 Å². The fraction of sp³-hybridized carbons (Fsp3) is 0.364. The summed E-state index contributed by atoms with van der Waals surface area (Å²) in [5, 5.41) is 17.9. The van der Waals surface area contributed by atoms with Crippen LogP contribution < -0.4 is 14.2 Å². The van der Waals surface area contributed by atoms with E-state index in [0.717, 1.165) is 0 Å². The number of carboxylic acid groups (broad SMARTS) is 1. The topological polar surface area (TPSA) is 85.2 Å². The van der Waals surface area contributed by atoms with Crippen LogP contribution in [0.2, 0.25) is 0 Å². The molecule has 0 bridgehead atoms. The summed E-state index contributed by atoms with van der Waals surface area (Å²) in [5.74, 6) is 0.206. The average Bonchev–Trinajstić information content (AvgIpc) is 2.74. The molecular weight excluding hydrogens is 228 g/mol. The lowest BCUT2D eigenvalue weighted by Crippen LogP contribution is -2.23. The summed E-state index contributed by atoms with van der Waals surface area (Å²) >= 11 is 0. The molecular formula is C11H12O6. The van der Waals surface area contributed by atoms with E-state index in [1.54, 1.807) is 6.07 Å². The zero-order chi connectivity index (χ0) is 12.4. The van der Waals surface area contributed by atoms with E-state index in [-0.39, 0.29) is 19.1 Å². The first-order chi connectivity index (χ1) is 8.11. The molecule has 0 amide bonds. The summed E-state index contributed by atoms with van der Waals surface area (Å²) in [4.78, 5) is 10.7. The van der Waals surface area contributed by atoms with Gasteiger partial charge in [-0.05, 0) is 13.0 Å². The highest BCUT2D eigenvalue weighted by Gasteiger charge is 2.20. The molecule has 0 radical (unpaired) electrons. The van der Waals surface area contributed by atoms with Gasteiger partial charge in [-0.3, -0.25) is 0 Å². The van der Waals surface area contributed by atoms with Gasteiger partial charge in [-0.2, -0.15) is 0 Å². The minimum atomic E-state index is -1.08. The minimum Gasteiger partial charge on any atom is -0.479 e. The van der Waals surface area contributed by atoms with Gasteiger partial charge in [0.25, 0.3) is 0 Å². The van der Waals surface area contributed by atoms with Gasteiger partial charge in [0.15, 0.2) is 17.6 Å². The van der Waals surface area contributed by atoms with Crippen LogP contribution in [0.25, 0.3) is 0 Å². The average molecular weight is 240 g/mol. The van der Waals surface area contributed by atoms with Crippen LogP contribution in [-0.2, 0) is 11.4 Å². The lowest BCUT2D eigenvalue weighted by molar-refractivity contribution is -0.144. The van der Waals surface area contributed by atoms with E-state index in [1.807, 2.05) is 0 Å². The SMILES string of the molecule is CC(Oc1cc2c(cc1CO)OCO2)C(=O)O. The monoisotopic (exact) mass is 240 g/mol. The zero-order valence-electron chi connectivity index (χ0n) is 9.17. The first kappa shape index (κ1) is 11.5. The Bertz CT molecular complexity index is 442. The smallest absolute Gasteiger partial charge is 0.344 e. The van der Waals surface area contributed by atoms with Crippen molar-refractivity contribution < 1.29 is 29.2 Å². The number of aliphatic hydroxyl groups is 1. The third-order valence-corrected chi connectivity index (χ3v) is 2.38. The van der Waals surface area contributed by atoms with Gasteiger partial charge >= 0.3 is 5.97 Å². The Morgan fingerprint density at radius 3 is 2.71 bits per heavy atom. The second kappa shape index (κ2) is 4.50. The number of ether oxygens (including phenoxy) is 3. The molecule has 1 aliphatic rings. The van der Waals surface area contributed by atoms with Crippen LogP contribution in [0.3, 0.4) is 0 Å². The quantitative estimate of drug-likeness (QED) is 0.808. The molecule has 0 saturated carbocycles. The Balaban J connectivity index is 2.29. The number of benzene rings is 1. The summed E-state index contributed by atoms with van der Waals surface area (Å²) in [6, 6.07) is 3.10. The van der Waals surface area contributed by atoms with Crippen LogP contribution in [0.4, 0.5) is 0 Å². The molecule has 1 atom stereocenters. The largest absolute Gasteiger partial charge is 0.479 e. The van der Waals surface area contributed by atoms with Crippen LogP contribution in [0.5, 0.6) is 17.2 Å². The highest BCUT2D eigenvalue weighted by molar-refractivity contribution is 5.72. The second-order valence-electron chi connectivity index (χ2n) is 3.57. The third-order valence-electron chi connectivity index (χ3n) is 2.38. The first-order valence-electron chi connectivity index (χ1n) is 5.04. The van der Waals surface area contributed by atoms with E-state index in [2.05, 4.69) is 0 Å². The predicted octanol–water partition coefficient (Wildman–Crippen LogP) is 0.759. The molecule has 92 valence electrons. The molecule has 1 aliphatic heterocycles. The van der Waals surface area contributed by atoms with Crippen molar-refractivity contribution >= 4 is 5.97 Å². The van der Waals surface area contributed by atoms with Crippen LogP contribution >= 0.6 is 0 Å². The van der Waals surface area contributed by atoms with Crippen LogP contribution in [-0.4, -0.2) is 29.1 Å². The fourth-order valence-electron chi connectivity index (χ4n) is 1.44. The molecule has 0 aliphatic carbocycles. The molecule has 2 rings (SSSR count). The van der Waals surface area contributed by atoms with Crippen molar-refractivity contribution in [1.82, 2.24) is 0 Å². The van der Waals surface area contributed by atoms with Gasteiger partial charge in [-0.25, -0.2) is 4.79 Å². The number of carbonyl (C=O) groups is 1. The van der Waals surface area contributed by atoms with Crippen molar-refractivity contribution in [2.24, 2.45) is 0 Å². The molecule has 6 heteroatoms. The number of carboxylic acids is 1. The summed E-state index contributed by atoms with van der Waals surface area (Å²) in [5.41, 5.74) is 0.461. The number of aliphatic carboxylic acids is 1. The Morgan fingerprint density at radius 1 is 1.47 bits per heavy atom. The van der Waals surface area contributed by atoms with Gasteiger partial charge in [0.1, 0.15) is 5.75 Å². The van der Waals surface area contributed by atoms with Crippen molar-refractivity contribution in [2.75, 3.05) is 6.79 Å². The normalized spacial score (nSPS) is 14.5. The van der Waals surface area contributed by atoms with E-state index < -0.39 is 12.1 Å². The van der Waals surface area contributed by atoms with Gasteiger partial charge in [0, 0.05) is 11.6 Å². The highest BCUT2D eigenvalue weighted by atomic mass is 16.7. The van der Waals surface area contributed by atoms with Crippen molar-refractivity contribution in [1.29, 1.82) is 0 Å². The molecule has 1 heterocycles. The Hall–Kier alpha value is -1.95. The summed E-state index contributed by atoms with van der Waals surface area (Å²) in [6.45, 7) is 1.25. The first-order valence-corrected chi connectivity index (χ1v) is 5.04. The molecule has 1 aromatic rings. The summed E-state index contributed by atoms with van der Waals surface area (Å²) < 4.78 is 15.5. The third kappa shape index (κ3) is 2.26. The number of hydrogen-bond donors (Lipinski definition) is 2. The fourth-order valence-corrected chi connectivity index (χ4v) is 1.44. The predicted molar refractivity (Wildman–Crippen MR) is 56.2 cm³/mol. The molecule has 1 aromatic carbocycles. The van der Waals surface area contributed by atoms with Crippen molar-refractivity contribution in [3.8, 4) is 17.2 Å². The van der Waals surface area contributed by atoms with Crippen LogP contribution in [0.15, 0.2) is 12.1 Å². The molecule has 0 saturated heterocycles. The lowest BCUT2D eigenvalue weighted by Gasteiger charge is -2.14. The van der Waals surface area contributed by atoms with Gasteiger partial charge in [0.05, 0.1) is 6.61 Å². The molecule has 0 aromatic heterocycles. The number of hydrogen-bond acceptors (Lipinski definition) is 5.